The maximum atomic E-state index is 12.0. The molecule has 0 aliphatic heterocycles. The van der Waals surface area contributed by atoms with Gasteiger partial charge in [0.15, 0.2) is 29.4 Å². The largest absolute Gasteiger partial charge is 0.748 e. The molecule has 19 heteroatoms. The molecule has 0 radical (unpaired) electrons. The van der Waals surface area contributed by atoms with E-state index in [4.69, 9.17) is 35.8 Å². The molecule has 2 N–H and O–H groups in total. The third-order valence-corrected chi connectivity index (χ3v) is 13.8. The summed E-state index contributed by atoms with van der Waals surface area (Å²) >= 11 is 0. The van der Waals surface area contributed by atoms with Crippen LogP contribution in [0.4, 0.5) is 0 Å². The Bertz CT molecular complexity index is 2890. The van der Waals surface area contributed by atoms with Crippen molar-refractivity contribution < 1.29 is 50.5 Å². The third-order valence-electron chi connectivity index (χ3n) is 9.37. The highest BCUT2D eigenvalue weighted by Crippen LogP contribution is 2.37. The average Bonchev–Trinajstić information content (AvgIpc) is 3.34. The van der Waals surface area contributed by atoms with Crippen molar-refractivity contribution in [3.63, 3.8) is 0 Å². The van der Waals surface area contributed by atoms with Crippen LogP contribution in [0.5, 0.6) is 11.5 Å². The van der Waals surface area contributed by atoms with Gasteiger partial charge in [-0.3, -0.25) is 0 Å². The van der Waals surface area contributed by atoms with Crippen LogP contribution in [-0.4, -0.2) is 105 Å². The van der Waals surface area contributed by atoms with Crippen molar-refractivity contribution in [1.82, 2.24) is 4.90 Å². The number of phenols is 1. The number of aliphatic imine (C=N–C) groups is 2. The summed E-state index contributed by atoms with van der Waals surface area (Å²) in [6.07, 6.45) is 2.29. The van der Waals surface area contributed by atoms with Gasteiger partial charge >= 0.3 is 11.9 Å². The summed E-state index contributed by atoms with van der Waals surface area (Å²) in [5, 5.41) is 17.9. The fraction of sp³-hybridized carbons (Fsp3) is 0.271. The molecule has 0 saturated carbocycles. The van der Waals surface area contributed by atoms with E-state index in [-0.39, 0.29) is 53.2 Å². The number of aryl methyl sites for hydroxylation is 4. The van der Waals surface area contributed by atoms with Crippen molar-refractivity contribution in [3.8, 4) is 11.5 Å². The predicted octanol–water partition coefficient (Wildman–Crippen LogP) is 12.1. The number of nitrogens with zero attached hydrogens (tertiary/aromatic N) is 3. The van der Waals surface area contributed by atoms with Crippen LogP contribution in [0.2, 0.25) is 0 Å². The van der Waals surface area contributed by atoms with Gasteiger partial charge in [0.25, 0.3) is 0 Å². The number of carboxylic acid groups (broad SMARTS) is 1. The minimum Gasteiger partial charge on any atom is -0.748 e. The van der Waals surface area contributed by atoms with E-state index in [1.54, 1.807) is 6.92 Å². The summed E-state index contributed by atoms with van der Waals surface area (Å²) in [5.74, 6) is -0.307. The summed E-state index contributed by atoms with van der Waals surface area (Å²) in [4.78, 5) is 39.1. The number of carbonyl (C=O) groups excluding carboxylic acids is 1. The molecule has 0 spiro atoms. The zero-order valence-corrected chi connectivity index (χ0v) is 49.6. The minimum atomic E-state index is -3.92. The number of aromatic hydroxyl groups is 1. The molecule has 6 aromatic rings. The van der Waals surface area contributed by atoms with E-state index in [0.717, 1.165) is 48.3 Å². The van der Waals surface area contributed by atoms with Crippen molar-refractivity contribution in [1.29, 1.82) is 0 Å². The van der Waals surface area contributed by atoms with Crippen molar-refractivity contribution in [2.24, 2.45) is 9.98 Å². The topological polar surface area (TPSA) is 226 Å². The van der Waals surface area contributed by atoms with Crippen molar-refractivity contribution >= 4 is 72.4 Å². The van der Waals surface area contributed by atoms with Gasteiger partial charge in [-0.15, -0.1) is 12.4 Å². The molecule has 0 bridgehead atoms. The van der Waals surface area contributed by atoms with Gasteiger partial charge in [-0.25, -0.2) is 36.4 Å². The summed E-state index contributed by atoms with van der Waals surface area (Å²) in [7, 11) is -4.09. The third kappa shape index (κ3) is 31.8. The van der Waals surface area contributed by atoms with Crippen LogP contribution in [0.3, 0.4) is 0 Å². The van der Waals surface area contributed by atoms with Crippen LogP contribution in [-0.2, 0) is 51.6 Å². The molecule has 0 heterocycles. The fourth-order valence-electron chi connectivity index (χ4n) is 6.08. The molecule has 0 aromatic heterocycles. The molecular weight excluding hydrogens is 1090 g/mol. The van der Waals surface area contributed by atoms with Crippen molar-refractivity contribution in [3.05, 3.63) is 192 Å². The number of aliphatic carboxylic acids is 1. The molecule has 424 valence electrons. The number of carboxylic acids is 1. The van der Waals surface area contributed by atoms with Gasteiger partial charge in [-0.2, -0.15) is 0 Å². The molecule has 6 rings (SSSR count). The molecule has 0 unspecified atom stereocenters. The van der Waals surface area contributed by atoms with Gasteiger partial charge in [0, 0.05) is 54.5 Å². The smallest absolute Gasteiger partial charge is 0.338 e. The number of hydrogen-bond acceptors (Lipinski definition) is 13. The second-order valence-electron chi connectivity index (χ2n) is 16.9. The second-order valence-corrected chi connectivity index (χ2v) is 23.8. The van der Waals surface area contributed by atoms with Gasteiger partial charge in [-0.1, -0.05) is 93.4 Å². The molecule has 0 aliphatic carbocycles. The lowest BCUT2D eigenvalue weighted by atomic mass is 10.1. The van der Waals surface area contributed by atoms with E-state index >= 15 is 0 Å². The lowest BCUT2D eigenvalue weighted by Crippen LogP contribution is -2.13. The molecule has 0 saturated heterocycles. The zero-order valence-electron chi connectivity index (χ0n) is 45.6. The number of ether oxygens (including phenoxy) is 1. The fourth-order valence-corrected chi connectivity index (χ4v) is 10.6. The maximum absolute atomic E-state index is 12.0. The van der Waals surface area contributed by atoms with E-state index < -0.39 is 26.2 Å². The van der Waals surface area contributed by atoms with E-state index in [1.807, 2.05) is 58.9 Å². The minimum absolute atomic E-state index is 0. The average molecular weight is 1170 g/mol. The van der Waals surface area contributed by atoms with Crippen LogP contribution in [0.15, 0.2) is 209 Å². The molecule has 0 fully saturated rings. The first kappa shape index (κ1) is 73.8. The van der Waals surface area contributed by atoms with Crippen LogP contribution < -0.4 is 4.74 Å². The van der Waals surface area contributed by atoms with Gasteiger partial charge in [0.2, 0.25) is 0 Å². The van der Waals surface area contributed by atoms with Gasteiger partial charge in [0.05, 0.1) is 54.6 Å². The Morgan fingerprint density at radius 3 is 1.17 bits per heavy atom. The standard InChI is InChI=1S/C24H23O2S.C20H18OS.C8H17N3.C4H6O2.2CH4O3S.CH4.ClH/c1-17(2)24(25)26-23-18(3)15-22(16-19(23)4)27(20-11-7-5-8-12-20)21-13-9-6-10-14-21;1-15-13-19(14-16(2)20(15)21)22(17-9-5-3-6-10-17)18-11-7-4-8-12-18;1-4-9-8-10-6-5-7-11(2)3;1-3(2)4(5)6;2*1-5(2,3)4;;/h5-16H,1H2,2-4H3;3-14H,1-2H3;4-7H2,1-3H3;1H2,2H3,(H,5,6);2*1H3,(H,2,3,4);1H4;1H/q+1;;;;;;;/p-1. The highest BCUT2D eigenvalue weighted by atomic mass is 35.5. The summed E-state index contributed by atoms with van der Waals surface area (Å²) in [6.45, 7) is 22.5. The molecule has 0 atom stereocenters. The number of rotatable bonds is 14. The van der Waals surface area contributed by atoms with Crippen LogP contribution >= 0.6 is 12.4 Å². The lowest BCUT2D eigenvalue weighted by Gasteiger charge is -2.13. The lowest BCUT2D eigenvalue weighted by molar-refractivity contribution is -0.132. The number of benzene rings is 6. The number of phenolic OH excluding ortho intramolecular Hbond substituents is 1. The Balaban J connectivity index is 0. The van der Waals surface area contributed by atoms with Crippen molar-refractivity contribution in [2.75, 3.05) is 46.2 Å². The summed E-state index contributed by atoms with van der Waals surface area (Å²) in [6, 6.07) is 53.2. The van der Waals surface area contributed by atoms with Crippen LogP contribution in [0.1, 0.15) is 56.9 Å². The molecule has 14 nitrogen and oxygen atoms in total. The Labute approximate surface area is 476 Å². The van der Waals surface area contributed by atoms with Crippen molar-refractivity contribution in [2.45, 2.75) is 91.7 Å². The summed E-state index contributed by atoms with van der Waals surface area (Å²) in [5.41, 5.74) is 4.33. The summed E-state index contributed by atoms with van der Waals surface area (Å²) < 4.78 is 60.0. The SMILES string of the molecule is C.C=C(C)C(=O)O.C=C(C)C(=O)Oc1c(C)cc([S+](c2ccccc2)c2ccccc2)cc1C.CCN=C=NCCCN(C)C.CS(=O)(=O)[O-].CS(=O)(=O)[O-].Cc1cc([S+](c2ccccc2)c2ccccc2)cc(C)c1O.Cl. The molecular formula is C59H76ClN3O11S4. The number of halogens is 1. The first-order valence-corrected chi connectivity index (χ1v) is 29.5. The molecule has 78 heavy (non-hydrogen) atoms. The Kier molecular flexibility index (Phi) is 36.2. The van der Waals surface area contributed by atoms with Crippen LogP contribution in [0.25, 0.3) is 0 Å². The number of esters is 1. The van der Waals surface area contributed by atoms with E-state index in [0.29, 0.717) is 29.6 Å². The van der Waals surface area contributed by atoms with E-state index in [1.165, 1.54) is 36.3 Å². The van der Waals surface area contributed by atoms with Gasteiger partial charge in [0.1, 0.15) is 11.5 Å². The molecule has 0 aliphatic rings. The Morgan fingerprint density at radius 1 is 0.615 bits per heavy atom. The van der Waals surface area contributed by atoms with E-state index in [9.17, 15) is 14.7 Å². The number of hydrogen-bond donors (Lipinski definition) is 2. The molecule has 6 aromatic carbocycles. The monoisotopic (exact) mass is 1170 g/mol. The van der Waals surface area contributed by atoms with Gasteiger partial charge < -0.3 is 29.0 Å². The first-order valence-electron chi connectivity index (χ1n) is 23.5. The van der Waals surface area contributed by atoms with Gasteiger partial charge in [-0.05, 0) is 146 Å². The first-order chi connectivity index (χ1) is 35.5. The number of carbonyl (C=O) groups is 2. The Hall–Kier alpha value is -6.31. The van der Waals surface area contributed by atoms with E-state index in [2.05, 4.69) is 169 Å². The zero-order chi connectivity index (χ0) is 57.6. The highest BCUT2D eigenvalue weighted by molar-refractivity contribution is 7.97. The quantitative estimate of drug-likeness (QED) is 0.0197. The Morgan fingerprint density at radius 2 is 0.910 bits per heavy atom. The maximum Gasteiger partial charge on any atom is 0.338 e. The normalized spacial score (nSPS) is 10.2. The molecule has 0 amide bonds. The van der Waals surface area contributed by atoms with Crippen LogP contribution in [0, 0.1) is 27.7 Å². The highest BCUT2D eigenvalue weighted by Gasteiger charge is 2.31. The predicted molar refractivity (Wildman–Crippen MR) is 320 cm³/mol. The second kappa shape index (κ2) is 38.3.